The smallest absolute Gasteiger partial charge is 0.140 e. The Morgan fingerprint density at radius 2 is 0.528 bits per heavy atom. The molecule has 3 nitrogen and oxygen atoms in total. The third-order valence-electron chi connectivity index (χ3n) is 5.97. The van der Waals surface area contributed by atoms with Crippen molar-refractivity contribution in [2.24, 2.45) is 13.5 Å². The van der Waals surface area contributed by atoms with E-state index in [9.17, 15) is 0 Å². The van der Waals surface area contributed by atoms with Gasteiger partial charge in [0.25, 0.3) is 0 Å². The van der Waals surface area contributed by atoms with Crippen LogP contribution in [0.5, 0.6) is 0 Å². The first-order valence-corrected chi connectivity index (χ1v) is 21.6. The summed E-state index contributed by atoms with van der Waals surface area (Å²) < 4.78 is 17.9. The Balaban J connectivity index is 1.77. The first-order valence-electron chi connectivity index (χ1n) is 10.8. The van der Waals surface area contributed by atoms with E-state index in [1.165, 1.54) is 31.8 Å². The molecule has 0 amide bonds. The van der Waals surface area contributed by atoms with Crippen LogP contribution in [0.15, 0.2) is 115 Å². The topological polar surface area (TPSA) is 37.1 Å². The van der Waals surface area contributed by atoms with Crippen LogP contribution in [0.4, 0.5) is 0 Å². The van der Waals surface area contributed by atoms with Crippen LogP contribution in [0.3, 0.4) is 0 Å². The first-order chi connectivity index (χ1) is 17.8. The Bertz CT molecular complexity index is 1400. The van der Waals surface area contributed by atoms with Crippen LogP contribution >= 0.6 is 89.6 Å². The number of thiophene rings is 6. The second kappa shape index (κ2) is 9.57. The van der Waals surface area contributed by atoms with Gasteiger partial charge in [-0.1, -0.05) is 0 Å². The summed E-state index contributed by atoms with van der Waals surface area (Å²) in [5.74, 6) is 0. The standard InChI is InChI=1S/C24H18N3P3S6/c1-7-31-13-19(1)28(20-2-8-32-14-20)25-29(21-3-9-33-15-21,22-4-10-34-16-22)27-30(26-28,23-5-11-35-17-23)24-6-12-36-18-24/h1-18H. The van der Waals surface area contributed by atoms with Crippen LogP contribution in [-0.4, -0.2) is 0 Å². The molecule has 0 N–H and O–H groups in total. The Kier molecular flexibility index (Phi) is 6.37. The summed E-state index contributed by atoms with van der Waals surface area (Å²) in [6.07, 6.45) is 0. The average molecular weight is 634 g/mol. The Hall–Kier alpha value is -1.11. The molecule has 0 bridgehead atoms. The van der Waals surface area contributed by atoms with Gasteiger partial charge in [0.2, 0.25) is 0 Å². The van der Waals surface area contributed by atoms with E-state index in [-0.39, 0.29) is 0 Å². The SMILES string of the molecule is c1cc(P2(c3ccsc3)=NP(c3ccsc3)(c3ccsc3)=NP(c3ccsc3)(c3ccsc3)=N2)cs1. The summed E-state index contributed by atoms with van der Waals surface area (Å²) >= 11 is 10.4. The zero-order valence-corrected chi connectivity index (χ0v) is 26.1. The third kappa shape index (κ3) is 3.71. The van der Waals surface area contributed by atoms with Gasteiger partial charge in [-0.25, -0.2) is 13.5 Å². The van der Waals surface area contributed by atoms with E-state index in [0.29, 0.717) is 0 Å². The fourth-order valence-electron chi connectivity index (χ4n) is 4.29. The fourth-order valence-corrected chi connectivity index (χ4v) is 26.1. The highest BCUT2D eigenvalue weighted by molar-refractivity contribution is 8.00. The van der Waals surface area contributed by atoms with Gasteiger partial charge in [0.1, 0.15) is 21.6 Å². The van der Waals surface area contributed by atoms with Crippen LogP contribution in [0.25, 0.3) is 0 Å². The minimum atomic E-state index is -2.51. The molecule has 0 radical (unpaired) electrons. The molecule has 0 spiro atoms. The predicted octanol–water partition coefficient (Wildman–Crippen LogP) is 8.67. The van der Waals surface area contributed by atoms with E-state index in [1.807, 2.05) is 0 Å². The van der Waals surface area contributed by atoms with Crippen molar-refractivity contribution in [1.29, 1.82) is 0 Å². The quantitative estimate of drug-likeness (QED) is 0.165. The third-order valence-corrected chi connectivity index (χ3v) is 23.3. The maximum absolute atomic E-state index is 5.98. The Morgan fingerprint density at radius 1 is 0.333 bits per heavy atom. The van der Waals surface area contributed by atoms with Gasteiger partial charge >= 0.3 is 0 Å². The molecular weight excluding hydrogens is 616 g/mol. The first kappa shape index (κ1) is 24.0. The molecule has 0 fully saturated rings. The Labute approximate surface area is 234 Å². The van der Waals surface area contributed by atoms with Gasteiger partial charge < -0.3 is 0 Å². The molecule has 6 aromatic rings. The fraction of sp³-hybridized carbons (Fsp3) is 0. The monoisotopic (exact) mass is 633 g/mol. The van der Waals surface area contributed by atoms with E-state index in [0.717, 1.165) is 0 Å². The highest BCUT2D eigenvalue weighted by Gasteiger charge is 2.43. The van der Waals surface area contributed by atoms with Crippen molar-refractivity contribution >= 4 is 121 Å². The molecular formula is C24H18N3P3S6. The van der Waals surface area contributed by atoms with Crippen molar-refractivity contribution in [1.82, 2.24) is 0 Å². The highest BCUT2D eigenvalue weighted by Crippen LogP contribution is 2.76. The molecule has 0 aliphatic carbocycles. The normalized spacial score (nSPS) is 17.7. The molecule has 7 rings (SSSR count). The van der Waals surface area contributed by atoms with E-state index in [2.05, 4.69) is 101 Å². The van der Waals surface area contributed by atoms with Gasteiger partial charge in [0.05, 0.1) is 0 Å². The lowest BCUT2D eigenvalue weighted by Gasteiger charge is -2.36. The van der Waals surface area contributed by atoms with Crippen molar-refractivity contribution in [2.75, 3.05) is 0 Å². The van der Waals surface area contributed by atoms with Crippen LogP contribution in [0, 0.1) is 0 Å². The van der Waals surface area contributed by atoms with Crippen molar-refractivity contribution in [3.8, 4) is 0 Å². The zero-order valence-electron chi connectivity index (χ0n) is 18.5. The molecule has 1 aliphatic heterocycles. The maximum atomic E-state index is 5.98. The van der Waals surface area contributed by atoms with Crippen LogP contribution in [0.1, 0.15) is 0 Å². The van der Waals surface area contributed by atoms with Gasteiger partial charge in [-0.15, -0.1) is 0 Å². The summed E-state index contributed by atoms with van der Waals surface area (Å²) in [6, 6.07) is 13.5. The minimum absolute atomic E-state index is 1.24. The molecule has 180 valence electrons. The summed E-state index contributed by atoms with van der Waals surface area (Å²) in [4.78, 5) is 0. The molecule has 7 heterocycles. The number of hydrogen-bond donors (Lipinski definition) is 0. The largest absolute Gasteiger partial charge is 0.223 e. The maximum Gasteiger partial charge on any atom is 0.140 e. The average Bonchev–Trinajstić information content (AvgIpc) is 3.80. The van der Waals surface area contributed by atoms with Gasteiger partial charge in [-0.05, 0) is 68.7 Å². The number of rotatable bonds is 6. The van der Waals surface area contributed by atoms with E-state index in [4.69, 9.17) is 13.5 Å². The highest BCUT2D eigenvalue weighted by atomic mass is 32.1. The lowest BCUT2D eigenvalue weighted by Crippen LogP contribution is -2.22. The molecule has 36 heavy (non-hydrogen) atoms. The molecule has 0 atom stereocenters. The van der Waals surface area contributed by atoms with Gasteiger partial charge in [-0.3, -0.25) is 0 Å². The molecule has 6 aromatic heterocycles. The second-order valence-electron chi connectivity index (χ2n) is 7.96. The summed E-state index contributed by atoms with van der Waals surface area (Å²) in [7, 11) is -7.54. The van der Waals surface area contributed by atoms with Gasteiger partial charge in [0, 0.05) is 64.1 Å². The van der Waals surface area contributed by atoms with Crippen LogP contribution < -0.4 is 31.8 Å². The van der Waals surface area contributed by atoms with E-state index >= 15 is 0 Å². The van der Waals surface area contributed by atoms with Gasteiger partial charge in [0.15, 0.2) is 0 Å². The van der Waals surface area contributed by atoms with E-state index in [1.54, 1.807) is 68.0 Å². The lowest BCUT2D eigenvalue weighted by molar-refractivity contribution is 1.68. The number of nitrogens with zero attached hydrogens (tertiary/aromatic N) is 3. The Morgan fingerprint density at radius 3 is 0.667 bits per heavy atom. The van der Waals surface area contributed by atoms with Crippen LogP contribution in [0.2, 0.25) is 0 Å². The molecule has 12 heteroatoms. The van der Waals surface area contributed by atoms with Crippen molar-refractivity contribution in [3.05, 3.63) is 101 Å². The minimum Gasteiger partial charge on any atom is -0.223 e. The molecule has 0 saturated heterocycles. The second-order valence-corrected chi connectivity index (χ2v) is 21.5. The predicted molar refractivity (Wildman–Crippen MR) is 172 cm³/mol. The summed E-state index contributed by atoms with van der Waals surface area (Å²) in [5.41, 5.74) is 0. The van der Waals surface area contributed by atoms with Crippen molar-refractivity contribution in [3.63, 3.8) is 0 Å². The molecule has 0 aromatic carbocycles. The van der Waals surface area contributed by atoms with Gasteiger partial charge in [-0.2, -0.15) is 68.0 Å². The molecule has 1 aliphatic rings. The lowest BCUT2D eigenvalue weighted by atomic mass is 10.7. The summed E-state index contributed by atoms with van der Waals surface area (Å²) in [6.45, 7) is 0. The van der Waals surface area contributed by atoms with E-state index < -0.39 is 21.6 Å². The number of hydrogen-bond acceptors (Lipinski definition) is 9. The van der Waals surface area contributed by atoms with Crippen molar-refractivity contribution in [2.45, 2.75) is 0 Å². The van der Waals surface area contributed by atoms with Crippen molar-refractivity contribution < 1.29 is 0 Å². The summed E-state index contributed by atoms with van der Waals surface area (Å²) in [5, 5.41) is 34.1. The zero-order chi connectivity index (χ0) is 24.1. The molecule has 0 unspecified atom stereocenters. The van der Waals surface area contributed by atoms with Crippen LogP contribution in [-0.2, 0) is 0 Å². The molecule has 0 saturated carbocycles.